The van der Waals surface area contributed by atoms with Crippen LogP contribution in [-0.2, 0) is 0 Å². The van der Waals surface area contributed by atoms with Gasteiger partial charge >= 0.3 is 0 Å². The van der Waals surface area contributed by atoms with Gasteiger partial charge in [0.2, 0.25) is 0 Å². The molecule has 1 saturated carbocycles. The molecule has 1 unspecified atom stereocenters. The van der Waals surface area contributed by atoms with E-state index in [1.165, 1.54) is 44.9 Å². The molecule has 1 fully saturated rings. The van der Waals surface area contributed by atoms with Crippen LogP contribution in [0, 0.1) is 5.92 Å². The highest BCUT2D eigenvalue weighted by Gasteiger charge is 2.20. The van der Waals surface area contributed by atoms with E-state index < -0.39 is 0 Å². The molecule has 1 nitrogen and oxygen atoms in total. The van der Waals surface area contributed by atoms with E-state index in [2.05, 4.69) is 17.5 Å². The fourth-order valence-electron chi connectivity index (χ4n) is 2.53. The van der Waals surface area contributed by atoms with Crippen LogP contribution in [0.2, 0.25) is 0 Å². The first kappa shape index (κ1) is 9.82. The number of rotatable bonds is 1. The minimum atomic E-state index is 0.484. The van der Waals surface area contributed by atoms with E-state index in [9.17, 15) is 0 Å². The minimum absolute atomic E-state index is 0.484. The van der Waals surface area contributed by atoms with Gasteiger partial charge in [-0.1, -0.05) is 44.3 Å². The van der Waals surface area contributed by atoms with E-state index in [1.807, 2.05) is 12.3 Å². The summed E-state index contributed by atoms with van der Waals surface area (Å²) in [6.45, 7) is 0. The zero-order chi connectivity index (χ0) is 9.64. The molecule has 1 heteroatoms. The monoisotopic (exact) mass is 190 g/mol. The molecule has 2 rings (SSSR count). The number of nitrogens with zero attached hydrogens (tertiary/aromatic N) is 1. The molecule has 0 aromatic carbocycles. The van der Waals surface area contributed by atoms with Crippen molar-refractivity contribution in [2.24, 2.45) is 5.92 Å². The highest BCUT2D eigenvalue weighted by molar-refractivity contribution is 5.13. The number of hydrogen-bond donors (Lipinski definition) is 0. The maximum atomic E-state index is 4.56. The summed E-state index contributed by atoms with van der Waals surface area (Å²) in [5.74, 6) is 0.816. The Kier molecular flexibility index (Phi) is 3.67. The summed E-state index contributed by atoms with van der Waals surface area (Å²) in [6, 6.07) is 0.484. The van der Waals surface area contributed by atoms with Gasteiger partial charge in [-0.05, 0) is 24.8 Å². The van der Waals surface area contributed by atoms with Crippen LogP contribution in [0.25, 0.3) is 0 Å². The van der Waals surface area contributed by atoms with E-state index >= 15 is 0 Å². The summed E-state index contributed by atoms with van der Waals surface area (Å²) in [5, 5.41) is 4.56. The molecule has 0 aromatic heterocycles. The Hall–Kier alpha value is -0.720. The summed E-state index contributed by atoms with van der Waals surface area (Å²) in [5.41, 5.74) is 0. The van der Waals surface area contributed by atoms with E-state index in [4.69, 9.17) is 0 Å². The third kappa shape index (κ3) is 2.63. The Labute approximate surface area is 87.3 Å². The van der Waals surface area contributed by atoms with Crippen molar-refractivity contribution in [2.45, 2.75) is 51.0 Å². The number of hydrogen-bond acceptors (Lipinski definition) is 0. The fourth-order valence-corrected chi connectivity index (χ4v) is 2.53. The topological polar surface area (TPSA) is 14.1 Å². The average Bonchev–Trinajstić information content (AvgIpc) is 2.18. The second kappa shape index (κ2) is 5.23. The average molecular weight is 190 g/mol. The molecule has 1 aliphatic carbocycles. The highest BCUT2D eigenvalue weighted by atomic mass is 14.9. The van der Waals surface area contributed by atoms with Crippen molar-refractivity contribution in [1.29, 1.82) is 0 Å². The molecule has 77 valence electrons. The molecule has 0 bridgehead atoms. The molecule has 1 radical (unpaired) electrons. The minimum Gasteiger partial charge on any atom is -0.285 e. The van der Waals surface area contributed by atoms with Crippen molar-refractivity contribution < 1.29 is 0 Å². The molecule has 2 aliphatic rings. The van der Waals surface area contributed by atoms with Crippen molar-refractivity contribution in [2.75, 3.05) is 0 Å². The summed E-state index contributed by atoms with van der Waals surface area (Å²) in [7, 11) is 0. The zero-order valence-electron chi connectivity index (χ0n) is 8.86. The van der Waals surface area contributed by atoms with Crippen molar-refractivity contribution in [3.05, 3.63) is 24.4 Å². The SMILES string of the molecule is C1=C[N]C(C2CCCCCCC2)C=C1. The second-order valence-electron chi connectivity index (χ2n) is 4.47. The van der Waals surface area contributed by atoms with Gasteiger partial charge in [0.15, 0.2) is 0 Å². The predicted octanol–water partition coefficient (Wildman–Crippen LogP) is 3.40. The molecule has 0 amide bonds. The lowest BCUT2D eigenvalue weighted by Crippen LogP contribution is -2.27. The molecule has 0 spiro atoms. The lowest BCUT2D eigenvalue weighted by molar-refractivity contribution is 0.330. The molecular formula is C13H20N. The van der Waals surface area contributed by atoms with Crippen LogP contribution >= 0.6 is 0 Å². The zero-order valence-corrected chi connectivity index (χ0v) is 8.86. The van der Waals surface area contributed by atoms with E-state index in [-0.39, 0.29) is 0 Å². The van der Waals surface area contributed by atoms with Gasteiger partial charge < -0.3 is 0 Å². The molecular weight excluding hydrogens is 170 g/mol. The van der Waals surface area contributed by atoms with E-state index in [0.717, 1.165) is 5.92 Å². The van der Waals surface area contributed by atoms with E-state index in [0.29, 0.717) is 6.04 Å². The normalized spacial score (nSPS) is 29.3. The third-order valence-electron chi connectivity index (χ3n) is 3.40. The summed E-state index contributed by atoms with van der Waals surface area (Å²) in [6.07, 6.45) is 18.3. The summed E-state index contributed by atoms with van der Waals surface area (Å²) in [4.78, 5) is 0. The smallest absolute Gasteiger partial charge is 0.0711 e. The van der Waals surface area contributed by atoms with Crippen LogP contribution in [0.5, 0.6) is 0 Å². The Morgan fingerprint density at radius 1 is 0.857 bits per heavy atom. The maximum absolute atomic E-state index is 4.56. The summed E-state index contributed by atoms with van der Waals surface area (Å²) >= 11 is 0. The first-order valence-electron chi connectivity index (χ1n) is 6.00. The fraction of sp³-hybridized carbons (Fsp3) is 0.692. The van der Waals surface area contributed by atoms with Crippen LogP contribution in [0.4, 0.5) is 0 Å². The molecule has 14 heavy (non-hydrogen) atoms. The molecule has 1 aliphatic heterocycles. The van der Waals surface area contributed by atoms with Crippen molar-refractivity contribution in [3.8, 4) is 0 Å². The van der Waals surface area contributed by atoms with Crippen LogP contribution in [0.15, 0.2) is 24.4 Å². The lowest BCUT2D eigenvalue weighted by Gasteiger charge is -2.26. The van der Waals surface area contributed by atoms with Crippen LogP contribution in [-0.4, -0.2) is 6.04 Å². The van der Waals surface area contributed by atoms with Crippen molar-refractivity contribution in [1.82, 2.24) is 5.32 Å². The van der Waals surface area contributed by atoms with Gasteiger partial charge in [-0.15, -0.1) is 0 Å². The third-order valence-corrected chi connectivity index (χ3v) is 3.40. The molecule has 1 heterocycles. The van der Waals surface area contributed by atoms with Gasteiger partial charge in [-0.3, -0.25) is 5.32 Å². The Morgan fingerprint density at radius 3 is 2.21 bits per heavy atom. The van der Waals surface area contributed by atoms with Crippen LogP contribution in [0.1, 0.15) is 44.9 Å². The van der Waals surface area contributed by atoms with Gasteiger partial charge in [0.25, 0.3) is 0 Å². The van der Waals surface area contributed by atoms with Gasteiger partial charge in [-0.25, -0.2) is 0 Å². The first-order chi connectivity index (χ1) is 6.97. The number of allylic oxidation sites excluding steroid dienone is 2. The molecule has 1 atom stereocenters. The Morgan fingerprint density at radius 2 is 1.57 bits per heavy atom. The van der Waals surface area contributed by atoms with Gasteiger partial charge in [0, 0.05) is 6.20 Å². The van der Waals surface area contributed by atoms with E-state index in [1.54, 1.807) is 0 Å². The van der Waals surface area contributed by atoms with Crippen molar-refractivity contribution in [3.63, 3.8) is 0 Å². The van der Waals surface area contributed by atoms with Gasteiger partial charge in [-0.2, -0.15) is 0 Å². The maximum Gasteiger partial charge on any atom is 0.0711 e. The van der Waals surface area contributed by atoms with Crippen LogP contribution < -0.4 is 5.32 Å². The Balaban J connectivity index is 1.87. The summed E-state index contributed by atoms with van der Waals surface area (Å²) < 4.78 is 0. The molecule has 0 aromatic rings. The lowest BCUT2D eigenvalue weighted by atomic mass is 9.85. The predicted molar refractivity (Wildman–Crippen MR) is 60.0 cm³/mol. The highest BCUT2D eigenvalue weighted by Crippen LogP contribution is 2.26. The largest absolute Gasteiger partial charge is 0.285 e. The Bertz CT molecular complexity index is 209. The van der Waals surface area contributed by atoms with Crippen LogP contribution in [0.3, 0.4) is 0 Å². The molecule has 0 saturated heterocycles. The standard InChI is InChI=1S/C13H20N/c1-2-4-8-12(9-5-3-1)13-10-6-7-11-14-13/h6-7,10-13H,1-5,8-9H2. The quantitative estimate of drug-likeness (QED) is 0.601. The second-order valence-corrected chi connectivity index (χ2v) is 4.47. The first-order valence-corrected chi connectivity index (χ1v) is 6.00. The molecule has 0 N–H and O–H groups in total. The van der Waals surface area contributed by atoms with Gasteiger partial charge in [0.1, 0.15) is 0 Å². The van der Waals surface area contributed by atoms with Crippen molar-refractivity contribution >= 4 is 0 Å². The van der Waals surface area contributed by atoms with Gasteiger partial charge in [0.05, 0.1) is 6.04 Å².